The van der Waals surface area contributed by atoms with E-state index in [-0.39, 0.29) is 5.41 Å². The summed E-state index contributed by atoms with van der Waals surface area (Å²) in [6.45, 7) is 6.72. The van der Waals surface area contributed by atoms with Crippen molar-refractivity contribution in [3.63, 3.8) is 0 Å². The second-order valence-corrected chi connectivity index (χ2v) is 12.1. The molecule has 0 radical (unpaired) electrons. The van der Waals surface area contributed by atoms with Crippen molar-refractivity contribution in [2.24, 2.45) is 0 Å². The molecule has 0 N–H and O–H groups in total. The molecular formula is C32H26N2S2. The molecule has 0 fully saturated rings. The molecule has 0 bridgehead atoms. The van der Waals surface area contributed by atoms with Gasteiger partial charge in [0.05, 0.1) is 20.4 Å². The second-order valence-electron chi connectivity index (χ2n) is 10.0. The van der Waals surface area contributed by atoms with E-state index >= 15 is 0 Å². The summed E-state index contributed by atoms with van der Waals surface area (Å²) in [6.07, 6.45) is 4.31. The fourth-order valence-corrected chi connectivity index (χ4v) is 6.10. The van der Waals surface area contributed by atoms with Gasteiger partial charge in [-0.2, -0.15) is 0 Å². The van der Waals surface area contributed by atoms with Gasteiger partial charge in [0.2, 0.25) is 0 Å². The lowest BCUT2D eigenvalue weighted by Gasteiger charge is -2.18. The topological polar surface area (TPSA) is 25.8 Å². The van der Waals surface area contributed by atoms with Crippen molar-refractivity contribution in [2.75, 3.05) is 0 Å². The van der Waals surface area contributed by atoms with Crippen LogP contribution in [-0.4, -0.2) is 9.97 Å². The van der Waals surface area contributed by atoms with Gasteiger partial charge in [-0.05, 0) is 46.4 Å². The number of aromatic nitrogens is 2. The summed E-state index contributed by atoms with van der Waals surface area (Å²) in [4.78, 5) is 9.69. The Kier molecular flexibility index (Phi) is 5.79. The van der Waals surface area contributed by atoms with Crippen molar-refractivity contribution in [1.29, 1.82) is 0 Å². The number of rotatable bonds is 4. The molecule has 6 aromatic rings. The molecule has 0 unspecified atom stereocenters. The van der Waals surface area contributed by atoms with Crippen LogP contribution in [0.25, 0.3) is 53.7 Å². The minimum atomic E-state index is 0.127. The summed E-state index contributed by atoms with van der Waals surface area (Å²) in [5, 5.41) is 2.13. The molecule has 0 spiro atoms. The fraction of sp³-hybridized carbons (Fsp3) is 0.125. The molecule has 2 aromatic heterocycles. The summed E-state index contributed by atoms with van der Waals surface area (Å²) >= 11 is 3.49. The Morgan fingerprint density at radius 3 is 1.67 bits per heavy atom. The molecule has 176 valence electrons. The number of thiazole rings is 2. The molecular weight excluding hydrogens is 477 g/mol. The molecule has 4 heteroatoms. The number of nitrogens with zero attached hydrogens (tertiary/aromatic N) is 2. The van der Waals surface area contributed by atoms with Gasteiger partial charge in [-0.3, -0.25) is 0 Å². The van der Waals surface area contributed by atoms with Crippen molar-refractivity contribution in [3.05, 3.63) is 108 Å². The summed E-state index contributed by atoms with van der Waals surface area (Å²) < 4.78 is 2.46. The van der Waals surface area contributed by atoms with Crippen LogP contribution < -0.4 is 0 Å². The maximum atomic E-state index is 4.92. The molecule has 0 aliphatic heterocycles. The van der Waals surface area contributed by atoms with E-state index in [2.05, 4.69) is 118 Å². The SMILES string of the molecule is CC(C)(C)c1ccc2sc(-c3ccc(C=Cc4ccc(-c5nc6ccccc6s5)cc4)cc3)nc2c1. The van der Waals surface area contributed by atoms with Gasteiger partial charge < -0.3 is 0 Å². The van der Waals surface area contributed by atoms with E-state index in [1.165, 1.54) is 26.1 Å². The lowest BCUT2D eigenvalue weighted by Crippen LogP contribution is -2.10. The molecule has 4 aromatic carbocycles. The number of para-hydroxylation sites is 1. The smallest absolute Gasteiger partial charge is 0.124 e. The molecule has 0 aliphatic carbocycles. The van der Waals surface area contributed by atoms with Crippen LogP contribution in [0.2, 0.25) is 0 Å². The largest absolute Gasteiger partial charge is 0.236 e. The zero-order chi connectivity index (χ0) is 24.7. The van der Waals surface area contributed by atoms with Gasteiger partial charge >= 0.3 is 0 Å². The lowest BCUT2D eigenvalue weighted by molar-refractivity contribution is 0.591. The normalized spacial score (nSPS) is 12.2. The molecule has 0 saturated heterocycles. The van der Waals surface area contributed by atoms with Crippen LogP contribution in [0.3, 0.4) is 0 Å². The molecule has 0 saturated carbocycles. The van der Waals surface area contributed by atoms with Gasteiger partial charge in [0.25, 0.3) is 0 Å². The van der Waals surface area contributed by atoms with Crippen molar-refractivity contribution < 1.29 is 0 Å². The summed E-state index contributed by atoms with van der Waals surface area (Å²) in [5.74, 6) is 0. The Bertz CT molecular complexity index is 1660. The monoisotopic (exact) mass is 502 g/mol. The van der Waals surface area contributed by atoms with Crippen LogP contribution >= 0.6 is 22.7 Å². The Morgan fingerprint density at radius 1 is 0.583 bits per heavy atom. The highest BCUT2D eigenvalue weighted by atomic mass is 32.1. The van der Waals surface area contributed by atoms with E-state index in [4.69, 9.17) is 9.97 Å². The van der Waals surface area contributed by atoms with Gasteiger partial charge in [0, 0.05) is 11.1 Å². The van der Waals surface area contributed by atoms with Gasteiger partial charge in [0.15, 0.2) is 0 Å². The van der Waals surface area contributed by atoms with Crippen molar-refractivity contribution in [3.8, 4) is 21.1 Å². The van der Waals surface area contributed by atoms with Crippen LogP contribution in [0, 0.1) is 0 Å². The first-order valence-electron chi connectivity index (χ1n) is 12.1. The average molecular weight is 503 g/mol. The van der Waals surface area contributed by atoms with E-state index in [1.54, 1.807) is 22.7 Å². The summed E-state index contributed by atoms with van der Waals surface area (Å²) in [7, 11) is 0. The molecule has 6 rings (SSSR count). The summed E-state index contributed by atoms with van der Waals surface area (Å²) in [6, 6.07) is 32.2. The first kappa shape index (κ1) is 22.8. The predicted molar refractivity (Wildman–Crippen MR) is 158 cm³/mol. The first-order chi connectivity index (χ1) is 17.4. The van der Waals surface area contributed by atoms with Gasteiger partial charge in [-0.15, -0.1) is 22.7 Å². The number of benzene rings is 4. The Balaban J connectivity index is 1.18. The molecule has 2 nitrogen and oxygen atoms in total. The van der Waals surface area contributed by atoms with E-state index in [0.29, 0.717) is 0 Å². The third-order valence-corrected chi connectivity index (χ3v) is 8.50. The maximum Gasteiger partial charge on any atom is 0.124 e. The second kappa shape index (κ2) is 9.12. The molecule has 0 amide bonds. The number of hydrogen-bond acceptors (Lipinski definition) is 4. The van der Waals surface area contributed by atoms with Crippen molar-refractivity contribution in [2.45, 2.75) is 26.2 Å². The van der Waals surface area contributed by atoms with E-state index in [1.807, 2.05) is 6.07 Å². The van der Waals surface area contributed by atoms with Crippen molar-refractivity contribution >= 4 is 55.3 Å². The third-order valence-electron chi connectivity index (χ3n) is 6.33. The standard InChI is InChI=1S/C32H26N2S2/c1-32(2,3)25-18-19-29-27(20-25)34-31(36-29)24-16-12-22(13-17-24)9-8-21-10-14-23(15-11-21)30-33-26-6-4-5-7-28(26)35-30/h4-20H,1-3H3. The number of hydrogen-bond donors (Lipinski definition) is 0. The zero-order valence-electron chi connectivity index (χ0n) is 20.5. The highest BCUT2D eigenvalue weighted by Crippen LogP contribution is 2.34. The predicted octanol–water partition coefficient (Wildman–Crippen LogP) is 9.71. The van der Waals surface area contributed by atoms with Crippen LogP contribution in [0.5, 0.6) is 0 Å². The quantitative estimate of drug-likeness (QED) is 0.224. The maximum absolute atomic E-state index is 4.92. The summed E-state index contributed by atoms with van der Waals surface area (Å²) in [5.41, 5.74) is 8.25. The van der Waals surface area contributed by atoms with E-state index in [0.717, 1.165) is 32.2 Å². The number of fused-ring (bicyclic) bond motifs is 2. The molecule has 2 heterocycles. The Hall–Kier alpha value is -3.60. The van der Waals surface area contributed by atoms with E-state index < -0.39 is 0 Å². The van der Waals surface area contributed by atoms with Crippen LogP contribution in [0.1, 0.15) is 37.5 Å². The highest BCUT2D eigenvalue weighted by Gasteiger charge is 2.15. The lowest BCUT2D eigenvalue weighted by atomic mass is 9.87. The van der Waals surface area contributed by atoms with Gasteiger partial charge in [-0.1, -0.05) is 99.7 Å². The van der Waals surface area contributed by atoms with Crippen molar-refractivity contribution in [1.82, 2.24) is 9.97 Å². The van der Waals surface area contributed by atoms with Gasteiger partial charge in [-0.25, -0.2) is 9.97 Å². The van der Waals surface area contributed by atoms with Crippen LogP contribution in [0.4, 0.5) is 0 Å². The average Bonchev–Trinajstić information content (AvgIpc) is 3.51. The van der Waals surface area contributed by atoms with Crippen LogP contribution in [-0.2, 0) is 5.41 Å². The first-order valence-corrected chi connectivity index (χ1v) is 13.7. The minimum absolute atomic E-state index is 0.127. The molecule has 36 heavy (non-hydrogen) atoms. The minimum Gasteiger partial charge on any atom is -0.236 e. The molecule has 0 aliphatic rings. The Labute approximate surface area is 219 Å². The fourth-order valence-electron chi connectivity index (χ4n) is 4.18. The van der Waals surface area contributed by atoms with E-state index in [9.17, 15) is 0 Å². The molecule has 0 atom stereocenters. The van der Waals surface area contributed by atoms with Crippen LogP contribution in [0.15, 0.2) is 91.0 Å². The zero-order valence-corrected chi connectivity index (χ0v) is 22.2. The van der Waals surface area contributed by atoms with Gasteiger partial charge in [0.1, 0.15) is 10.0 Å². The highest BCUT2D eigenvalue weighted by molar-refractivity contribution is 7.22. The third kappa shape index (κ3) is 4.62. The Morgan fingerprint density at radius 2 is 1.11 bits per heavy atom.